The minimum atomic E-state index is -0.551. The van der Waals surface area contributed by atoms with Crippen LogP contribution >= 0.6 is 11.6 Å². The number of methoxy groups -OCH3 is 2. The van der Waals surface area contributed by atoms with Gasteiger partial charge in [-0.25, -0.2) is 5.48 Å². The molecule has 1 heterocycles. The first-order valence-electron chi connectivity index (χ1n) is 8.25. The van der Waals surface area contributed by atoms with E-state index in [-0.39, 0.29) is 11.8 Å². The Morgan fingerprint density at radius 3 is 2.72 bits per heavy atom. The van der Waals surface area contributed by atoms with Gasteiger partial charge in [-0.1, -0.05) is 23.4 Å². The van der Waals surface area contributed by atoms with E-state index in [1.165, 1.54) is 12.8 Å². The van der Waals surface area contributed by atoms with Crippen LogP contribution in [0.2, 0.25) is 0 Å². The van der Waals surface area contributed by atoms with Crippen molar-refractivity contribution in [2.75, 3.05) is 40.5 Å². The van der Waals surface area contributed by atoms with Crippen LogP contribution in [0.3, 0.4) is 0 Å². The van der Waals surface area contributed by atoms with Crippen LogP contribution in [0.15, 0.2) is 29.1 Å². The second-order valence-electron chi connectivity index (χ2n) is 5.79. The van der Waals surface area contributed by atoms with E-state index in [1.54, 1.807) is 26.4 Å². The predicted octanol–water partition coefficient (Wildman–Crippen LogP) is 2.37. The molecule has 7 heteroatoms. The molecule has 138 valence electrons. The number of hydrogen-bond acceptors (Lipinski definition) is 6. The van der Waals surface area contributed by atoms with Crippen molar-refractivity contribution in [1.29, 1.82) is 0 Å². The van der Waals surface area contributed by atoms with Crippen LogP contribution in [0.1, 0.15) is 18.4 Å². The van der Waals surface area contributed by atoms with E-state index in [9.17, 15) is 5.11 Å². The Hall–Kier alpha value is -1.69. The Kier molecular flexibility index (Phi) is 8.12. The molecule has 1 saturated heterocycles. The number of aliphatic hydroxyl groups excluding tert-OH is 1. The molecule has 0 spiro atoms. The Labute approximate surface area is 153 Å². The van der Waals surface area contributed by atoms with Gasteiger partial charge in [-0.2, -0.15) is 0 Å². The number of halogens is 1. The number of rotatable bonds is 9. The second kappa shape index (κ2) is 10.3. The molecular formula is C18H25ClN2O4. The molecule has 1 aliphatic rings. The molecule has 0 radical (unpaired) electrons. The monoisotopic (exact) mass is 368 g/mol. The molecule has 0 aromatic heterocycles. The highest BCUT2D eigenvalue weighted by atomic mass is 35.5. The molecule has 2 rings (SSSR count). The van der Waals surface area contributed by atoms with Gasteiger partial charge in [0, 0.05) is 6.54 Å². The zero-order valence-corrected chi connectivity index (χ0v) is 15.4. The molecule has 0 amide bonds. The highest BCUT2D eigenvalue weighted by molar-refractivity contribution is 6.29. The van der Waals surface area contributed by atoms with Gasteiger partial charge in [0.15, 0.2) is 16.7 Å². The molecule has 1 atom stereocenters. The second-order valence-corrected chi connectivity index (χ2v) is 6.17. The molecule has 2 N–H and O–H groups in total. The van der Waals surface area contributed by atoms with Crippen LogP contribution in [0.25, 0.3) is 6.08 Å². The summed E-state index contributed by atoms with van der Waals surface area (Å²) in [4.78, 5) is 7.44. The lowest BCUT2D eigenvalue weighted by atomic mass is 10.2. The Morgan fingerprint density at radius 2 is 2.04 bits per heavy atom. The van der Waals surface area contributed by atoms with Gasteiger partial charge < -0.3 is 19.5 Å². The zero-order chi connectivity index (χ0) is 18.1. The fraction of sp³-hybridized carbons (Fsp3) is 0.500. The molecule has 1 fully saturated rings. The van der Waals surface area contributed by atoms with Crippen LogP contribution in [0, 0.1) is 0 Å². The predicted molar refractivity (Wildman–Crippen MR) is 97.7 cm³/mol. The molecule has 0 saturated carbocycles. The number of nitrogens with one attached hydrogen (secondary N) is 1. The van der Waals surface area contributed by atoms with Crippen molar-refractivity contribution in [3.8, 4) is 11.5 Å². The molecule has 25 heavy (non-hydrogen) atoms. The molecule has 0 aliphatic carbocycles. The summed E-state index contributed by atoms with van der Waals surface area (Å²) in [5.41, 5.74) is 6.29. The Balaban J connectivity index is 1.80. The standard InChI is InChI=1S/C18H25ClN2O4/c1-23-16-7-5-14(11-17(16)24-2)6-8-18(19)20-25-13-15(22)12-21-9-3-4-10-21/h5-7,11,15,20,22H,3-4,9-10,12-13H2,1-2H3. The average molecular weight is 369 g/mol. The van der Waals surface area contributed by atoms with Gasteiger partial charge in [-0.05, 0) is 49.7 Å². The first-order valence-corrected chi connectivity index (χ1v) is 8.62. The summed E-state index contributed by atoms with van der Waals surface area (Å²) >= 11 is 6.01. The van der Waals surface area contributed by atoms with Crippen molar-refractivity contribution in [2.45, 2.75) is 18.9 Å². The van der Waals surface area contributed by atoms with Crippen LogP contribution in [-0.4, -0.2) is 56.6 Å². The molecule has 1 unspecified atom stereocenters. The number of β-amino-alcohol motifs (C(OH)–C–C–N with tert-alkyl or cyclic N) is 1. The minimum absolute atomic E-state index is 0.157. The number of ether oxygens (including phenoxy) is 2. The molecule has 0 bridgehead atoms. The van der Waals surface area contributed by atoms with Crippen LogP contribution in [0.5, 0.6) is 11.5 Å². The summed E-state index contributed by atoms with van der Waals surface area (Å²) in [6, 6.07) is 5.48. The van der Waals surface area contributed by atoms with E-state index in [1.807, 2.05) is 12.1 Å². The summed E-state index contributed by atoms with van der Waals surface area (Å²) < 4.78 is 10.4. The minimum Gasteiger partial charge on any atom is -0.493 e. The van der Waals surface area contributed by atoms with Gasteiger partial charge in [-0.15, -0.1) is 0 Å². The smallest absolute Gasteiger partial charge is 0.169 e. The Bertz CT molecular complexity index is 611. The first kappa shape index (κ1) is 19.6. The topological polar surface area (TPSA) is 63.2 Å². The number of aliphatic hydroxyl groups is 1. The fourth-order valence-electron chi connectivity index (χ4n) is 2.64. The highest BCUT2D eigenvalue weighted by Gasteiger charge is 2.15. The zero-order valence-electron chi connectivity index (χ0n) is 14.6. The number of benzene rings is 1. The van der Waals surface area contributed by atoms with E-state index in [0.29, 0.717) is 18.0 Å². The third-order valence-corrected chi connectivity index (χ3v) is 4.06. The maximum absolute atomic E-state index is 9.92. The van der Waals surface area contributed by atoms with Crippen molar-refractivity contribution >= 4 is 17.7 Å². The van der Waals surface area contributed by atoms with Crippen molar-refractivity contribution in [2.24, 2.45) is 0 Å². The number of nitrogens with zero attached hydrogens (tertiary/aromatic N) is 1. The lowest BCUT2D eigenvalue weighted by molar-refractivity contribution is -0.0134. The van der Waals surface area contributed by atoms with Gasteiger partial charge in [0.1, 0.15) is 6.61 Å². The summed E-state index contributed by atoms with van der Waals surface area (Å²) in [6.45, 7) is 2.85. The van der Waals surface area contributed by atoms with Crippen LogP contribution in [-0.2, 0) is 4.84 Å². The van der Waals surface area contributed by atoms with Gasteiger partial charge in [0.05, 0.1) is 20.3 Å². The molecule has 1 aromatic carbocycles. The normalized spacial score (nSPS) is 15.4. The lowest BCUT2D eigenvalue weighted by Crippen LogP contribution is -2.34. The van der Waals surface area contributed by atoms with E-state index >= 15 is 0 Å². The van der Waals surface area contributed by atoms with E-state index in [4.69, 9.17) is 25.9 Å². The van der Waals surface area contributed by atoms with Crippen molar-refractivity contribution in [1.82, 2.24) is 10.4 Å². The van der Waals surface area contributed by atoms with Crippen LogP contribution in [0.4, 0.5) is 0 Å². The van der Waals surface area contributed by atoms with Crippen molar-refractivity contribution in [3.63, 3.8) is 0 Å². The first-order chi connectivity index (χ1) is 12.1. The van der Waals surface area contributed by atoms with E-state index in [2.05, 4.69) is 16.1 Å². The van der Waals surface area contributed by atoms with Gasteiger partial charge in [0.2, 0.25) is 0 Å². The summed E-state index contributed by atoms with van der Waals surface area (Å²) in [5.74, 6) is 1.28. The summed E-state index contributed by atoms with van der Waals surface area (Å²) in [6.07, 6.45) is 3.54. The molecule has 1 aliphatic heterocycles. The van der Waals surface area contributed by atoms with Crippen molar-refractivity contribution < 1.29 is 19.4 Å². The largest absolute Gasteiger partial charge is 0.493 e. The lowest BCUT2D eigenvalue weighted by Gasteiger charge is -2.18. The maximum Gasteiger partial charge on any atom is 0.169 e. The van der Waals surface area contributed by atoms with Crippen LogP contribution < -0.4 is 15.0 Å². The van der Waals surface area contributed by atoms with Gasteiger partial charge in [-0.3, -0.25) is 4.84 Å². The molecule has 6 nitrogen and oxygen atoms in total. The van der Waals surface area contributed by atoms with E-state index in [0.717, 1.165) is 18.7 Å². The van der Waals surface area contributed by atoms with Gasteiger partial charge in [0.25, 0.3) is 0 Å². The maximum atomic E-state index is 9.92. The Morgan fingerprint density at radius 1 is 1.32 bits per heavy atom. The summed E-state index contributed by atoms with van der Waals surface area (Å²) in [5, 5.41) is 10.1. The number of likely N-dealkylation sites (tertiary alicyclic amines) is 1. The third kappa shape index (κ3) is 6.61. The third-order valence-electron chi connectivity index (χ3n) is 3.88. The van der Waals surface area contributed by atoms with Gasteiger partial charge >= 0.3 is 0 Å². The summed E-state index contributed by atoms with van der Waals surface area (Å²) in [7, 11) is 3.17. The molecule has 1 aromatic rings. The SMILES string of the molecule is COc1ccc(C=C=C(Cl)NOCC(O)CN2CCCC2)cc1OC. The fourth-order valence-corrected chi connectivity index (χ4v) is 2.75. The number of hydrogen-bond donors (Lipinski definition) is 2. The van der Waals surface area contributed by atoms with E-state index < -0.39 is 6.10 Å². The average Bonchev–Trinajstić information content (AvgIpc) is 3.12. The molecular weight excluding hydrogens is 344 g/mol. The highest BCUT2D eigenvalue weighted by Crippen LogP contribution is 2.27. The number of hydroxylamine groups is 1. The van der Waals surface area contributed by atoms with Crippen molar-refractivity contribution in [3.05, 3.63) is 34.6 Å². The quantitative estimate of drug-likeness (QED) is 0.396.